The number of fused-ring (bicyclic) bond motifs is 3. The Kier molecular flexibility index (Phi) is 7.77. The van der Waals surface area contributed by atoms with Crippen molar-refractivity contribution in [3.8, 4) is 11.1 Å². The summed E-state index contributed by atoms with van der Waals surface area (Å²) in [5.41, 5.74) is 4.99. The van der Waals surface area contributed by atoms with Crippen molar-refractivity contribution in [3.05, 3.63) is 75.7 Å². The third-order valence-electron chi connectivity index (χ3n) is 5.88. The lowest BCUT2D eigenvalue weighted by Crippen LogP contribution is -2.46. The first-order valence-corrected chi connectivity index (χ1v) is 12.4. The number of hydrogen-bond donors (Lipinski definition) is 3. The predicted molar refractivity (Wildman–Crippen MR) is 132 cm³/mol. The maximum Gasteiger partial charge on any atom is 0.407 e. The topological polar surface area (TPSA) is 118 Å². The fourth-order valence-corrected chi connectivity index (χ4v) is 5.03. The molecule has 1 heterocycles. The summed E-state index contributed by atoms with van der Waals surface area (Å²) in [6, 6.07) is 15.5. The van der Waals surface area contributed by atoms with Gasteiger partial charge in [0, 0.05) is 11.3 Å². The second kappa shape index (κ2) is 11.1. The van der Waals surface area contributed by atoms with E-state index in [2.05, 4.69) is 39.9 Å². The molecule has 0 saturated carbocycles. The van der Waals surface area contributed by atoms with E-state index >= 15 is 0 Å². The Morgan fingerprint density at radius 3 is 2.37 bits per heavy atom. The number of benzene rings is 2. The molecule has 2 aromatic carbocycles. The number of aliphatic carboxylic acids is 1. The van der Waals surface area contributed by atoms with Gasteiger partial charge < -0.3 is 20.5 Å². The first-order valence-electron chi connectivity index (χ1n) is 11.5. The number of alkyl carbamates (subject to hydrolysis) is 1. The Balaban J connectivity index is 1.33. The average molecular weight is 494 g/mol. The first kappa shape index (κ1) is 24.4. The van der Waals surface area contributed by atoms with Crippen molar-refractivity contribution >= 4 is 29.3 Å². The van der Waals surface area contributed by atoms with Crippen LogP contribution in [0, 0.1) is 0 Å². The summed E-state index contributed by atoms with van der Waals surface area (Å²) in [6.45, 7) is 2.26. The molecule has 0 spiro atoms. The summed E-state index contributed by atoms with van der Waals surface area (Å²) >= 11 is 1.28. The Morgan fingerprint density at radius 1 is 1.09 bits per heavy atom. The number of carboxylic acids is 1. The van der Waals surface area contributed by atoms with E-state index in [1.54, 1.807) is 5.38 Å². The van der Waals surface area contributed by atoms with Crippen LogP contribution in [-0.2, 0) is 27.3 Å². The van der Waals surface area contributed by atoms with Crippen molar-refractivity contribution in [2.24, 2.45) is 0 Å². The van der Waals surface area contributed by atoms with E-state index < -0.39 is 18.1 Å². The average Bonchev–Trinajstić information content (AvgIpc) is 3.42. The van der Waals surface area contributed by atoms with E-state index in [1.165, 1.54) is 11.3 Å². The quantitative estimate of drug-likeness (QED) is 0.392. The summed E-state index contributed by atoms with van der Waals surface area (Å²) < 4.78 is 5.57. The van der Waals surface area contributed by atoms with Crippen molar-refractivity contribution < 1.29 is 24.2 Å². The molecule has 35 heavy (non-hydrogen) atoms. The molecule has 3 aromatic rings. The molecule has 182 valence electrons. The molecule has 0 fully saturated rings. The molecule has 1 aliphatic carbocycles. The number of rotatable bonds is 10. The highest BCUT2D eigenvalue weighted by Crippen LogP contribution is 2.44. The molecule has 1 aliphatic rings. The first-order chi connectivity index (χ1) is 17.0. The summed E-state index contributed by atoms with van der Waals surface area (Å²) in [7, 11) is 0. The van der Waals surface area contributed by atoms with Crippen LogP contribution in [0.15, 0.2) is 53.9 Å². The predicted octanol–water partition coefficient (Wildman–Crippen LogP) is 4.09. The van der Waals surface area contributed by atoms with E-state index in [9.17, 15) is 14.4 Å². The Bertz CT molecular complexity index is 1180. The zero-order valence-corrected chi connectivity index (χ0v) is 20.1. The normalized spacial score (nSPS) is 12.9. The highest BCUT2D eigenvalue weighted by atomic mass is 32.1. The van der Waals surface area contributed by atoms with Crippen LogP contribution in [0.5, 0.6) is 0 Å². The zero-order valence-electron chi connectivity index (χ0n) is 19.3. The molecular formula is C26H27N3O5S. The summed E-state index contributed by atoms with van der Waals surface area (Å²) in [6.07, 6.45) is 0.352. The fourth-order valence-electron chi connectivity index (χ4n) is 4.29. The second-order valence-electron chi connectivity index (χ2n) is 8.33. The molecule has 0 radical (unpaired) electrons. The monoisotopic (exact) mass is 493 g/mol. The molecule has 0 bridgehead atoms. The highest BCUT2D eigenvalue weighted by molar-refractivity contribution is 7.09. The molecule has 2 amide bonds. The van der Waals surface area contributed by atoms with Crippen molar-refractivity contribution in [1.29, 1.82) is 0 Å². The van der Waals surface area contributed by atoms with Crippen LogP contribution in [0.4, 0.5) is 4.79 Å². The smallest absolute Gasteiger partial charge is 0.407 e. The van der Waals surface area contributed by atoms with Gasteiger partial charge in [-0.2, -0.15) is 0 Å². The third-order valence-corrected chi connectivity index (χ3v) is 6.77. The van der Waals surface area contributed by atoms with Gasteiger partial charge in [0.2, 0.25) is 5.91 Å². The zero-order chi connectivity index (χ0) is 24.8. The van der Waals surface area contributed by atoms with Gasteiger partial charge in [-0.05, 0) is 28.7 Å². The number of carboxylic acid groups (broad SMARTS) is 1. The molecule has 8 nitrogen and oxygen atoms in total. The lowest BCUT2D eigenvalue weighted by Gasteiger charge is -2.19. The van der Waals surface area contributed by atoms with E-state index in [0.717, 1.165) is 22.3 Å². The van der Waals surface area contributed by atoms with Gasteiger partial charge in [0.1, 0.15) is 17.7 Å². The van der Waals surface area contributed by atoms with Gasteiger partial charge in [0.25, 0.3) is 0 Å². The van der Waals surface area contributed by atoms with Gasteiger partial charge in [-0.25, -0.2) is 9.78 Å². The molecule has 1 atom stereocenters. The molecule has 9 heteroatoms. The molecular weight excluding hydrogens is 466 g/mol. The number of nitrogens with one attached hydrogen (secondary N) is 2. The van der Waals surface area contributed by atoms with Crippen molar-refractivity contribution in [2.45, 2.75) is 44.7 Å². The fraction of sp³-hybridized carbons (Fsp3) is 0.308. The Morgan fingerprint density at radius 2 is 1.74 bits per heavy atom. The minimum absolute atomic E-state index is 0.0588. The lowest BCUT2D eigenvalue weighted by atomic mass is 9.98. The van der Waals surface area contributed by atoms with Crippen LogP contribution >= 0.6 is 11.3 Å². The number of nitrogens with zero attached hydrogens (tertiary/aromatic N) is 1. The molecule has 4 rings (SSSR count). The van der Waals surface area contributed by atoms with Gasteiger partial charge in [0.15, 0.2) is 0 Å². The minimum atomic E-state index is -0.957. The van der Waals surface area contributed by atoms with Crippen LogP contribution < -0.4 is 10.6 Å². The van der Waals surface area contributed by atoms with E-state index in [4.69, 9.17) is 9.84 Å². The number of hydrogen-bond acceptors (Lipinski definition) is 6. The SMILES string of the molecule is CCCC(NC(=O)OCC1c2ccccc2-c2ccccc21)C(=O)NCc1nc(CC(=O)O)cs1. The molecule has 1 aromatic heterocycles. The van der Waals surface area contributed by atoms with Crippen LogP contribution in [0.25, 0.3) is 11.1 Å². The molecule has 0 aliphatic heterocycles. The van der Waals surface area contributed by atoms with Crippen LogP contribution in [0.2, 0.25) is 0 Å². The van der Waals surface area contributed by atoms with E-state index in [-0.39, 0.29) is 31.4 Å². The summed E-state index contributed by atoms with van der Waals surface area (Å²) in [5.74, 6) is -1.35. The van der Waals surface area contributed by atoms with Gasteiger partial charge in [-0.15, -0.1) is 11.3 Å². The molecule has 0 saturated heterocycles. The lowest BCUT2D eigenvalue weighted by molar-refractivity contribution is -0.136. The number of aromatic nitrogens is 1. The molecule has 1 unspecified atom stereocenters. The highest BCUT2D eigenvalue weighted by Gasteiger charge is 2.29. The van der Waals surface area contributed by atoms with Crippen LogP contribution in [0.3, 0.4) is 0 Å². The maximum absolute atomic E-state index is 12.7. The second-order valence-corrected chi connectivity index (χ2v) is 9.27. The minimum Gasteiger partial charge on any atom is -0.481 e. The van der Waals surface area contributed by atoms with Crippen molar-refractivity contribution in [2.75, 3.05) is 6.61 Å². The number of carbonyl (C=O) groups is 3. The number of carbonyl (C=O) groups excluding carboxylic acids is 2. The van der Waals surface area contributed by atoms with Crippen molar-refractivity contribution in [1.82, 2.24) is 15.6 Å². The maximum atomic E-state index is 12.7. The number of ether oxygens (including phenoxy) is 1. The largest absolute Gasteiger partial charge is 0.481 e. The Hall–Kier alpha value is -3.72. The number of amides is 2. The van der Waals surface area contributed by atoms with Crippen LogP contribution in [-0.4, -0.2) is 40.7 Å². The standard InChI is InChI=1S/C26H27N3O5S/c1-2-7-22(25(32)27-13-23-28-16(15-35-23)12-24(30)31)29-26(33)34-14-21-19-10-5-3-8-17(19)18-9-4-6-11-20(18)21/h3-6,8-11,15,21-22H,2,7,12-14H2,1H3,(H,27,32)(H,29,33)(H,30,31). The summed E-state index contributed by atoms with van der Waals surface area (Å²) in [4.78, 5) is 40.3. The van der Waals surface area contributed by atoms with Gasteiger partial charge in [-0.3, -0.25) is 9.59 Å². The Labute approximate surface area is 207 Å². The van der Waals surface area contributed by atoms with Crippen molar-refractivity contribution in [3.63, 3.8) is 0 Å². The van der Waals surface area contributed by atoms with Gasteiger partial charge in [-0.1, -0.05) is 61.9 Å². The van der Waals surface area contributed by atoms with Crippen LogP contribution in [0.1, 0.15) is 47.5 Å². The third kappa shape index (κ3) is 5.86. The van der Waals surface area contributed by atoms with Gasteiger partial charge >= 0.3 is 12.1 Å². The molecule has 3 N–H and O–H groups in total. The number of thiazole rings is 1. The van der Waals surface area contributed by atoms with Gasteiger partial charge in [0.05, 0.1) is 18.7 Å². The summed E-state index contributed by atoms with van der Waals surface area (Å²) in [5, 5.41) is 16.6. The van der Waals surface area contributed by atoms with E-state index in [1.807, 2.05) is 31.2 Å². The van der Waals surface area contributed by atoms with E-state index in [0.29, 0.717) is 23.5 Å².